The molecule has 5 heteroatoms. The Kier molecular flexibility index (Phi) is 7.46. The Morgan fingerprint density at radius 2 is 2.09 bits per heavy atom. The van der Waals surface area contributed by atoms with Gasteiger partial charge >= 0.3 is 0 Å². The Hall–Kier alpha value is -0.810. The van der Waals surface area contributed by atoms with Crippen LogP contribution < -0.4 is 15.4 Å². The molecule has 0 radical (unpaired) electrons. The van der Waals surface area contributed by atoms with Crippen LogP contribution in [-0.4, -0.2) is 45.0 Å². The van der Waals surface area contributed by atoms with Crippen molar-refractivity contribution in [2.45, 2.75) is 31.3 Å². The van der Waals surface area contributed by atoms with Crippen LogP contribution in [0.15, 0.2) is 30.3 Å². The molecule has 4 nitrogen and oxygen atoms in total. The molecule has 2 fully saturated rings. The van der Waals surface area contributed by atoms with Crippen LogP contribution in [-0.2, 0) is 4.74 Å². The van der Waals surface area contributed by atoms with E-state index >= 15 is 0 Å². The molecule has 1 saturated carbocycles. The summed E-state index contributed by atoms with van der Waals surface area (Å²) in [7, 11) is 0. The summed E-state index contributed by atoms with van der Waals surface area (Å²) >= 11 is 0. The zero-order valence-electron chi connectivity index (χ0n) is 13.0. The normalized spacial score (nSPS) is 28.1. The first kappa shape index (κ1) is 17.5. The molecule has 3 unspecified atom stereocenters. The van der Waals surface area contributed by atoms with Gasteiger partial charge in [-0.15, -0.1) is 12.4 Å². The highest BCUT2D eigenvalue weighted by atomic mass is 35.5. The molecule has 0 aromatic heterocycles. The highest BCUT2D eigenvalue weighted by molar-refractivity contribution is 5.85. The number of hydrogen-bond acceptors (Lipinski definition) is 4. The van der Waals surface area contributed by atoms with E-state index in [-0.39, 0.29) is 12.4 Å². The van der Waals surface area contributed by atoms with Crippen LogP contribution in [0.3, 0.4) is 0 Å². The molecule has 1 aromatic carbocycles. The lowest BCUT2D eigenvalue weighted by Gasteiger charge is -2.33. The molecule has 1 heterocycles. The lowest BCUT2D eigenvalue weighted by atomic mass is 9.94. The number of halogens is 1. The standard InChI is InChI=1S/C17H26N2O2.ClH/c1-2-5-14(6-3-1)21-12-10-18-16-8-4-7-15(16)17-13-20-11-9-19-17;/h1-3,5-6,15-19H,4,7-13H2;1H. The van der Waals surface area contributed by atoms with Crippen molar-refractivity contribution in [3.63, 3.8) is 0 Å². The van der Waals surface area contributed by atoms with E-state index < -0.39 is 0 Å². The Labute approximate surface area is 139 Å². The molecule has 1 aliphatic carbocycles. The number of ether oxygens (including phenoxy) is 2. The predicted octanol–water partition coefficient (Wildman–Crippen LogP) is 2.23. The summed E-state index contributed by atoms with van der Waals surface area (Å²) < 4.78 is 11.4. The fourth-order valence-corrected chi connectivity index (χ4v) is 3.51. The molecule has 1 aromatic rings. The van der Waals surface area contributed by atoms with Gasteiger partial charge in [-0.1, -0.05) is 24.6 Å². The third-order valence-corrected chi connectivity index (χ3v) is 4.56. The van der Waals surface area contributed by atoms with Crippen molar-refractivity contribution < 1.29 is 9.47 Å². The fourth-order valence-electron chi connectivity index (χ4n) is 3.51. The summed E-state index contributed by atoms with van der Waals surface area (Å²) in [6.07, 6.45) is 3.90. The smallest absolute Gasteiger partial charge is 0.119 e. The third-order valence-electron chi connectivity index (χ3n) is 4.56. The average Bonchev–Trinajstić information content (AvgIpc) is 3.02. The van der Waals surface area contributed by atoms with Gasteiger partial charge < -0.3 is 20.1 Å². The molecule has 0 amide bonds. The van der Waals surface area contributed by atoms with E-state index in [1.54, 1.807) is 0 Å². The van der Waals surface area contributed by atoms with Gasteiger partial charge in [-0.2, -0.15) is 0 Å². The second-order valence-corrected chi connectivity index (χ2v) is 5.95. The number of nitrogens with one attached hydrogen (secondary N) is 2. The van der Waals surface area contributed by atoms with Crippen LogP contribution in [0.25, 0.3) is 0 Å². The van der Waals surface area contributed by atoms with Crippen molar-refractivity contribution in [2.24, 2.45) is 5.92 Å². The molecule has 1 saturated heterocycles. The molecule has 1 aliphatic heterocycles. The van der Waals surface area contributed by atoms with Crippen LogP contribution in [0, 0.1) is 5.92 Å². The first-order valence-electron chi connectivity index (χ1n) is 8.16. The fraction of sp³-hybridized carbons (Fsp3) is 0.647. The summed E-state index contributed by atoms with van der Waals surface area (Å²) in [5.74, 6) is 1.65. The van der Waals surface area contributed by atoms with Gasteiger partial charge in [0.15, 0.2) is 0 Å². The SMILES string of the molecule is Cl.c1ccc(OCCNC2CCCC2C2COCCN2)cc1. The van der Waals surface area contributed by atoms with E-state index in [1.807, 2.05) is 30.3 Å². The van der Waals surface area contributed by atoms with Crippen molar-refractivity contribution in [3.05, 3.63) is 30.3 Å². The Morgan fingerprint density at radius 1 is 1.23 bits per heavy atom. The topological polar surface area (TPSA) is 42.5 Å². The second-order valence-electron chi connectivity index (χ2n) is 5.95. The zero-order chi connectivity index (χ0) is 14.3. The molecular weight excluding hydrogens is 300 g/mol. The minimum absolute atomic E-state index is 0. The van der Waals surface area contributed by atoms with E-state index in [0.29, 0.717) is 18.0 Å². The van der Waals surface area contributed by atoms with Crippen molar-refractivity contribution in [2.75, 3.05) is 32.9 Å². The molecule has 2 aliphatic rings. The van der Waals surface area contributed by atoms with Crippen molar-refractivity contribution in [1.82, 2.24) is 10.6 Å². The highest BCUT2D eigenvalue weighted by Gasteiger charge is 2.34. The van der Waals surface area contributed by atoms with Gasteiger partial charge in [0.2, 0.25) is 0 Å². The maximum absolute atomic E-state index is 5.74. The van der Waals surface area contributed by atoms with E-state index in [9.17, 15) is 0 Å². The second kappa shape index (κ2) is 9.36. The third kappa shape index (κ3) is 4.85. The molecular formula is C17H27ClN2O2. The Morgan fingerprint density at radius 3 is 2.86 bits per heavy atom. The van der Waals surface area contributed by atoms with E-state index in [0.717, 1.165) is 38.7 Å². The van der Waals surface area contributed by atoms with Crippen molar-refractivity contribution in [1.29, 1.82) is 0 Å². The van der Waals surface area contributed by atoms with E-state index in [1.165, 1.54) is 19.3 Å². The number of rotatable bonds is 6. The van der Waals surface area contributed by atoms with Gasteiger partial charge in [-0.05, 0) is 30.9 Å². The number of hydrogen-bond donors (Lipinski definition) is 2. The van der Waals surface area contributed by atoms with Gasteiger partial charge in [-0.3, -0.25) is 0 Å². The van der Waals surface area contributed by atoms with Crippen LogP contribution in [0.5, 0.6) is 5.75 Å². The summed E-state index contributed by atoms with van der Waals surface area (Å²) in [6, 6.07) is 11.1. The summed E-state index contributed by atoms with van der Waals surface area (Å²) in [6.45, 7) is 4.34. The van der Waals surface area contributed by atoms with Crippen LogP contribution in [0.4, 0.5) is 0 Å². The molecule has 3 atom stereocenters. The number of benzene rings is 1. The largest absolute Gasteiger partial charge is 0.492 e. The van der Waals surface area contributed by atoms with Crippen LogP contribution >= 0.6 is 12.4 Å². The van der Waals surface area contributed by atoms with Crippen LogP contribution in [0.2, 0.25) is 0 Å². The van der Waals surface area contributed by atoms with Gasteiger partial charge in [0.25, 0.3) is 0 Å². The molecule has 3 rings (SSSR count). The lowest BCUT2D eigenvalue weighted by molar-refractivity contribution is 0.0523. The van der Waals surface area contributed by atoms with Gasteiger partial charge in [0.05, 0.1) is 13.2 Å². The lowest BCUT2D eigenvalue weighted by Crippen LogP contribution is -2.51. The first-order valence-corrected chi connectivity index (χ1v) is 8.16. The van der Waals surface area contributed by atoms with Gasteiger partial charge in [-0.25, -0.2) is 0 Å². The maximum Gasteiger partial charge on any atom is 0.119 e. The van der Waals surface area contributed by atoms with E-state index in [2.05, 4.69) is 10.6 Å². The molecule has 22 heavy (non-hydrogen) atoms. The molecule has 0 bridgehead atoms. The van der Waals surface area contributed by atoms with Gasteiger partial charge in [0, 0.05) is 25.2 Å². The summed E-state index contributed by atoms with van der Waals surface area (Å²) in [4.78, 5) is 0. The minimum atomic E-state index is 0. The van der Waals surface area contributed by atoms with Crippen LogP contribution in [0.1, 0.15) is 19.3 Å². The molecule has 0 spiro atoms. The quantitative estimate of drug-likeness (QED) is 0.787. The minimum Gasteiger partial charge on any atom is -0.492 e. The zero-order valence-corrected chi connectivity index (χ0v) is 13.8. The molecule has 124 valence electrons. The summed E-state index contributed by atoms with van der Waals surface area (Å²) in [5, 5.41) is 7.29. The Bertz CT molecular complexity index is 412. The summed E-state index contributed by atoms with van der Waals surface area (Å²) in [5.41, 5.74) is 0. The monoisotopic (exact) mass is 326 g/mol. The first-order chi connectivity index (χ1) is 10.4. The van der Waals surface area contributed by atoms with Crippen molar-refractivity contribution in [3.8, 4) is 5.75 Å². The highest BCUT2D eigenvalue weighted by Crippen LogP contribution is 2.29. The van der Waals surface area contributed by atoms with Gasteiger partial charge in [0.1, 0.15) is 12.4 Å². The maximum atomic E-state index is 5.74. The predicted molar refractivity (Wildman–Crippen MR) is 90.9 cm³/mol. The van der Waals surface area contributed by atoms with E-state index in [4.69, 9.17) is 9.47 Å². The Balaban J connectivity index is 0.00000176. The molecule has 2 N–H and O–H groups in total. The van der Waals surface area contributed by atoms with Crippen molar-refractivity contribution >= 4 is 12.4 Å². The average molecular weight is 327 g/mol. The number of morpholine rings is 1. The number of para-hydroxylation sites is 1.